The molecule has 5 heteroatoms. The summed E-state index contributed by atoms with van der Waals surface area (Å²) in [5.74, 6) is -0.527. The van der Waals surface area contributed by atoms with E-state index in [1.54, 1.807) is 4.90 Å². The average molecular weight is 316 g/mol. The summed E-state index contributed by atoms with van der Waals surface area (Å²) >= 11 is 3.51. The van der Waals surface area contributed by atoms with Crippen molar-refractivity contribution in [2.75, 3.05) is 4.90 Å². The van der Waals surface area contributed by atoms with Gasteiger partial charge >= 0.3 is 11.6 Å². The number of amides is 1. The van der Waals surface area contributed by atoms with E-state index < -0.39 is 0 Å². The van der Waals surface area contributed by atoms with E-state index in [1.165, 1.54) is 0 Å². The lowest BCUT2D eigenvalue weighted by atomic mass is 9.95. The van der Waals surface area contributed by atoms with Gasteiger partial charge in [-0.2, -0.15) is 4.79 Å². The highest BCUT2D eigenvalue weighted by Gasteiger charge is 2.51. The molecule has 0 N–H and O–H groups in total. The fourth-order valence-corrected chi connectivity index (χ4v) is 3.15. The van der Waals surface area contributed by atoms with Crippen molar-refractivity contribution in [1.29, 1.82) is 0 Å². The number of para-hydroxylation sites is 1. The van der Waals surface area contributed by atoms with E-state index in [2.05, 4.69) is 20.7 Å². The number of nitrogens with zero attached hydrogens (tertiary/aromatic N) is 3. The van der Waals surface area contributed by atoms with E-state index in [9.17, 15) is 4.79 Å². The lowest BCUT2D eigenvalue weighted by Crippen LogP contribution is -2.26. The smallest absolute Gasteiger partial charge is 0.361 e. The molecular weight excluding hydrogens is 306 g/mol. The van der Waals surface area contributed by atoms with Crippen molar-refractivity contribution in [3.05, 3.63) is 59.8 Å². The van der Waals surface area contributed by atoms with E-state index in [-0.39, 0.29) is 22.4 Å². The summed E-state index contributed by atoms with van der Waals surface area (Å²) in [6.45, 7) is 0. The summed E-state index contributed by atoms with van der Waals surface area (Å²) in [5.41, 5.74) is 10.9. The van der Waals surface area contributed by atoms with Crippen LogP contribution in [0, 0.1) is 5.92 Å². The van der Waals surface area contributed by atoms with Crippen LogP contribution < -0.4 is 4.90 Å². The zero-order valence-electron chi connectivity index (χ0n) is 9.90. The predicted octanol–water partition coefficient (Wildman–Crippen LogP) is 2.54. The Morgan fingerprint density at radius 3 is 2.68 bits per heavy atom. The topological polar surface area (TPSA) is 56.7 Å². The number of carbonyl (C=O) groups is 1. The summed E-state index contributed by atoms with van der Waals surface area (Å²) in [4.78, 5) is 17.1. The van der Waals surface area contributed by atoms with Gasteiger partial charge in [0.2, 0.25) is 0 Å². The molecule has 0 aromatic heterocycles. The average Bonchev–Trinajstić information content (AvgIpc) is 2.73. The number of carbonyl (C=O) groups excluding carboxylic acids is 1. The minimum Gasteiger partial charge on any atom is -0.361 e. The van der Waals surface area contributed by atoms with E-state index in [0.717, 1.165) is 11.4 Å². The number of alkyl halides is 1. The quantitative estimate of drug-likeness (QED) is 0.446. The van der Waals surface area contributed by atoms with Gasteiger partial charge in [-0.25, -0.2) is 0 Å². The Labute approximate surface area is 118 Å². The van der Waals surface area contributed by atoms with Gasteiger partial charge in [-0.15, -0.1) is 0 Å². The Morgan fingerprint density at radius 1 is 1.26 bits per heavy atom. The molecular formula is C14H10BrN3O. The van der Waals surface area contributed by atoms with Crippen molar-refractivity contribution in [2.45, 2.75) is 4.83 Å². The standard InChI is InChI=1S/C14H10BrN3O/c15-10-7-4-8-11-12(10)13(17-16)14(19)18(11)9-5-2-1-3-6-9/h1-8,10,12H. The van der Waals surface area contributed by atoms with Crippen molar-refractivity contribution < 1.29 is 9.58 Å². The molecule has 19 heavy (non-hydrogen) atoms. The molecule has 3 rings (SSSR count). The zero-order chi connectivity index (χ0) is 13.4. The van der Waals surface area contributed by atoms with Crippen LogP contribution in [0.2, 0.25) is 0 Å². The number of hydrogen-bond donors (Lipinski definition) is 0. The van der Waals surface area contributed by atoms with Crippen LogP contribution >= 0.6 is 15.9 Å². The molecule has 0 radical (unpaired) electrons. The summed E-state index contributed by atoms with van der Waals surface area (Å²) in [6.07, 6.45) is 5.71. The van der Waals surface area contributed by atoms with Crippen molar-refractivity contribution in [1.82, 2.24) is 0 Å². The van der Waals surface area contributed by atoms with Gasteiger partial charge in [0.15, 0.2) is 0 Å². The highest BCUT2D eigenvalue weighted by atomic mass is 79.9. The van der Waals surface area contributed by atoms with Crippen LogP contribution in [0.5, 0.6) is 0 Å². The molecule has 1 aromatic carbocycles. The SMILES string of the molecule is [N-]=[N+]=C1C(=O)N(c2ccccc2)C2=CC=CC(Br)C21. The molecule has 1 aromatic rings. The molecule has 0 spiro atoms. The number of rotatable bonds is 1. The van der Waals surface area contributed by atoms with Gasteiger partial charge in [0.05, 0.1) is 4.83 Å². The number of allylic oxidation sites excluding steroid dienone is 4. The van der Waals surface area contributed by atoms with Crippen LogP contribution in [-0.4, -0.2) is 21.2 Å². The van der Waals surface area contributed by atoms with Gasteiger partial charge in [0.25, 0.3) is 0 Å². The van der Waals surface area contributed by atoms with Crippen LogP contribution in [-0.2, 0) is 4.79 Å². The van der Waals surface area contributed by atoms with Gasteiger partial charge in [-0.3, -0.25) is 9.69 Å². The van der Waals surface area contributed by atoms with E-state index >= 15 is 0 Å². The molecule has 0 saturated carbocycles. The maximum Gasteiger partial charge on any atom is 0.367 e. The molecule has 1 aliphatic heterocycles. The number of hydrogen-bond acceptors (Lipinski definition) is 1. The second-order valence-electron chi connectivity index (χ2n) is 4.36. The third kappa shape index (κ3) is 1.79. The zero-order valence-corrected chi connectivity index (χ0v) is 11.5. The fraction of sp³-hybridized carbons (Fsp3) is 0.143. The normalized spacial score (nSPS) is 25.1. The van der Waals surface area contributed by atoms with Crippen LogP contribution in [0.25, 0.3) is 5.53 Å². The molecule has 1 aliphatic carbocycles. The van der Waals surface area contributed by atoms with Crippen LogP contribution in [0.15, 0.2) is 54.3 Å². The summed E-state index contributed by atoms with van der Waals surface area (Å²) < 4.78 is 0. The lowest BCUT2D eigenvalue weighted by Gasteiger charge is -2.21. The van der Waals surface area contributed by atoms with Crippen molar-refractivity contribution >= 4 is 33.2 Å². The van der Waals surface area contributed by atoms with Gasteiger partial charge in [0, 0.05) is 11.4 Å². The highest BCUT2D eigenvalue weighted by molar-refractivity contribution is 9.09. The molecule has 2 atom stereocenters. The van der Waals surface area contributed by atoms with Gasteiger partial charge in [-0.1, -0.05) is 46.3 Å². The molecule has 4 nitrogen and oxygen atoms in total. The summed E-state index contributed by atoms with van der Waals surface area (Å²) in [6, 6.07) is 9.35. The van der Waals surface area contributed by atoms with E-state index in [1.807, 2.05) is 48.6 Å². The second-order valence-corrected chi connectivity index (χ2v) is 5.42. The maximum atomic E-state index is 12.4. The largest absolute Gasteiger partial charge is 0.367 e. The highest BCUT2D eigenvalue weighted by Crippen LogP contribution is 2.38. The fourth-order valence-electron chi connectivity index (χ4n) is 2.46. The molecule has 1 heterocycles. The number of benzene rings is 1. The van der Waals surface area contributed by atoms with Gasteiger partial charge in [-0.05, 0) is 18.2 Å². The summed E-state index contributed by atoms with van der Waals surface area (Å²) in [5, 5.41) is 0. The monoisotopic (exact) mass is 315 g/mol. The Morgan fingerprint density at radius 2 is 2.00 bits per heavy atom. The predicted molar refractivity (Wildman–Crippen MR) is 76.0 cm³/mol. The number of anilines is 1. The first-order valence-corrected chi connectivity index (χ1v) is 6.79. The Balaban J connectivity index is 2.16. The minimum absolute atomic E-state index is 0.0453. The maximum absolute atomic E-state index is 12.4. The van der Waals surface area contributed by atoms with E-state index in [4.69, 9.17) is 5.53 Å². The van der Waals surface area contributed by atoms with Crippen molar-refractivity contribution in [3.8, 4) is 0 Å². The van der Waals surface area contributed by atoms with Gasteiger partial charge in [0.1, 0.15) is 5.92 Å². The molecule has 0 bridgehead atoms. The minimum atomic E-state index is -0.280. The van der Waals surface area contributed by atoms with Crippen LogP contribution in [0.1, 0.15) is 0 Å². The molecule has 1 amide bonds. The van der Waals surface area contributed by atoms with Gasteiger partial charge < -0.3 is 5.53 Å². The summed E-state index contributed by atoms with van der Waals surface area (Å²) in [7, 11) is 0. The van der Waals surface area contributed by atoms with Crippen LogP contribution in [0.3, 0.4) is 0 Å². The van der Waals surface area contributed by atoms with Crippen LogP contribution in [0.4, 0.5) is 5.69 Å². The first-order chi connectivity index (χ1) is 9.24. The molecule has 1 fully saturated rings. The van der Waals surface area contributed by atoms with Crippen molar-refractivity contribution in [3.63, 3.8) is 0 Å². The molecule has 2 aliphatic rings. The third-order valence-electron chi connectivity index (χ3n) is 3.30. The second kappa shape index (κ2) is 4.61. The number of halogens is 1. The lowest BCUT2D eigenvalue weighted by molar-refractivity contribution is -0.115. The molecule has 94 valence electrons. The Bertz CT molecular complexity index is 644. The number of fused-ring (bicyclic) bond motifs is 1. The Hall–Kier alpha value is -1.97. The first kappa shape index (κ1) is 12.1. The third-order valence-corrected chi connectivity index (χ3v) is 4.13. The molecule has 1 saturated heterocycles. The van der Waals surface area contributed by atoms with Crippen molar-refractivity contribution in [2.24, 2.45) is 5.92 Å². The molecule has 2 unspecified atom stereocenters. The Kier molecular flexibility index (Phi) is 2.93. The van der Waals surface area contributed by atoms with E-state index in [0.29, 0.717) is 0 Å². The first-order valence-electron chi connectivity index (χ1n) is 5.88.